The summed E-state index contributed by atoms with van der Waals surface area (Å²) < 4.78 is 139. The van der Waals surface area contributed by atoms with Crippen LogP contribution in [-0.4, -0.2) is 69.0 Å². The van der Waals surface area contributed by atoms with E-state index in [1.807, 2.05) is 42.5 Å². The molecule has 0 saturated carbocycles. The Labute approximate surface area is 430 Å². The van der Waals surface area contributed by atoms with E-state index in [0.29, 0.717) is 16.8 Å². The highest BCUT2D eigenvalue weighted by molar-refractivity contribution is 7.86. The van der Waals surface area contributed by atoms with Crippen LogP contribution in [-0.2, 0) is 40.5 Å². The fourth-order valence-corrected chi connectivity index (χ4v) is 9.82. The molecule has 75 heavy (non-hydrogen) atoms. The first-order chi connectivity index (χ1) is 35.4. The summed E-state index contributed by atoms with van der Waals surface area (Å²) >= 11 is 0.972. The van der Waals surface area contributed by atoms with Gasteiger partial charge in [0.2, 0.25) is 5.13 Å². The van der Waals surface area contributed by atoms with Crippen molar-refractivity contribution in [3.63, 3.8) is 0 Å². The van der Waals surface area contributed by atoms with Crippen LogP contribution >= 0.6 is 11.3 Å². The molecule has 24 nitrogen and oxygen atoms in total. The largest absolute Gasteiger partial charge is 0.494 e. The van der Waals surface area contributed by atoms with E-state index in [-0.39, 0.29) is 76.9 Å². The van der Waals surface area contributed by atoms with Gasteiger partial charge in [0.1, 0.15) is 39.5 Å². The number of thiazole rings is 1. The zero-order chi connectivity index (χ0) is 54.0. The number of fused-ring (bicyclic) bond motifs is 1. The molecule has 0 amide bonds. The summed E-state index contributed by atoms with van der Waals surface area (Å²) in [5.41, 5.74) is 1.85. The molecule has 0 fully saturated rings. The molecule has 0 unspecified atom stereocenters. The van der Waals surface area contributed by atoms with Crippen LogP contribution in [0.3, 0.4) is 0 Å². The number of nitriles is 1. The number of ether oxygens (including phenoxy) is 1. The number of nitrogens with one attached hydrogen (secondary N) is 2. The fraction of sp³-hybridized carbons (Fsp3) is 0.0652. The summed E-state index contributed by atoms with van der Waals surface area (Å²) in [5, 5.41) is 44.4. The highest BCUT2D eigenvalue weighted by Gasteiger charge is 2.23. The lowest BCUT2D eigenvalue weighted by atomic mass is 10.1. The molecular formula is C46H35N11O13S5. The summed E-state index contributed by atoms with van der Waals surface area (Å²) in [6, 6.07) is 30.4. The Morgan fingerprint density at radius 2 is 1.15 bits per heavy atom. The zero-order valence-corrected chi connectivity index (χ0v) is 42.7. The van der Waals surface area contributed by atoms with E-state index >= 15 is 0 Å². The van der Waals surface area contributed by atoms with Gasteiger partial charge in [0.05, 0.1) is 33.0 Å². The molecule has 2 aromatic heterocycles. The predicted molar refractivity (Wildman–Crippen MR) is 274 cm³/mol. The Kier molecular flexibility index (Phi) is 14.8. The van der Waals surface area contributed by atoms with E-state index in [0.717, 1.165) is 64.6 Å². The van der Waals surface area contributed by atoms with Gasteiger partial charge >= 0.3 is 0 Å². The lowest BCUT2D eigenvalue weighted by Gasteiger charge is -2.16. The second-order valence-corrected chi connectivity index (χ2v) is 22.3. The third kappa shape index (κ3) is 12.2. The minimum Gasteiger partial charge on any atom is -0.494 e. The van der Waals surface area contributed by atoms with Gasteiger partial charge in [-0.25, -0.2) is 9.97 Å². The van der Waals surface area contributed by atoms with E-state index in [2.05, 4.69) is 52.4 Å². The molecule has 0 spiro atoms. The van der Waals surface area contributed by atoms with Crippen molar-refractivity contribution in [1.82, 2.24) is 9.97 Å². The number of pyridine rings is 1. The quantitative estimate of drug-likeness (QED) is 0.0386. The molecule has 382 valence electrons. The monoisotopic (exact) mass is 1110 g/mol. The first-order valence-electron chi connectivity index (χ1n) is 21.1. The molecular weight excluding hydrogens is 1070 g/mol. The molecule has 0 atom stereocenters. The average Bonchev–Trinajstić information content (AvgIpc) is 3.77. The number of rotatable bonds is 16. The van der Waals surface area contributed by atoms with E-state index in [1.165, 1.54) is 43.5 Å². The van der Waals surface area contributed by atoms with Gasteiger partial charge in [0.25, 0.3) is 40.5 Å². The molecule has 0 aliphatic heterocycles. The number of hydrogen-bond acceptors (Lipinski definition) is 21. The average molecular weight is 1110 g/mol. The maximum Gasteiger partial charge on any atom is 0.296 e. The smallest absolute Gasteiger partial charge is 0.296 e. The van der Waals surface area contributed by atoms with E-state index in [9.17, 15) is 57.1 Å². The van der Waals surface area contributed by atoms with Crippen molar-refractivity contribution < 1.29 is 56.6 Å². The highest BCUT2D eigenvalue weighted by atomic mass is 32.2. The van der Waals surface area contributed by atoms with Crippen LogP contribution in [0.4, 0.5) is 55.9 Å². The van der Waals surface area contributed by atoms with E-state index in [4.69, 9.17) is 9.72 Å². The number of methoxy groups -OCH3 is 1. The standard InChI is InChI=1S/C46H35N11O13S5/c1-25-20-37(39(70-3)23-36(25)52-54-38-22-34(74(64,65)66)18-19-40(38)75(67,68)69)53-56-45-42(29-9-8-27-6-4-5-7-28(27)21-29)50-46(71-45)57-55-41-26(2)35(24-47)43(48-30-10-14-32(15-11-30)72(58,59)60)51-44(41)49-31-12-16-33(17-13-31)73(61,62)63/h4-23H,1-3H3,(H2,48,49,51)(H,58,59,60)(H,61,62,63)(H,64,65,66)(H,67,68,69). The minimum absolute atomic E-state index is 0.00549. The molecule has 6 aromatic carbocycles. The van der Waals surface area contributed by atoms with Crippen molar-refractivity contribution in [3.05, 3.63) is 138 Å². The number of aromatic nitrogens is 2. The predicted octanol–water partition coefficient (Wildman–Crippen LogP) is 11.6. The number of aryl methyl sites for hydroxylation is 1. The number of azo groups is 3. The fourth-order valence-electron chi connectivity index (χ4n) is 7.03. The highest BCUT2D eigenvalue weighted by Crippen LogP contribution is 2.45. The second-order valence-electron chi connectivity index (χ2n) is 15.7. The molecule has 0 aliphatic carbocycles. The normalized spacial score (nSPS) is 12.5. The van der Waals surface area contributed by atoms with Gasteiger partial charge in [-0.2, -0.15) is 44.0 Å². The van der Waals surface area contributed by atoms with Crippen molar-refractivity contribution in [2.75, 3.05) is 17.7 Å². The van der Waals surface area contributed by atoms with Crippen LogP contribution in [0.25, 0.3) is 22.0 Å². The molecule has 0 saturated heterocycles. The Morgan fingerprint density at radius 1 is 0.573 bits per heavy atom. The molecule has 2 heterocycles. The van der Waals surface area contributed by atoms with Crippen molar-refractivity contribution in [1.29, 1.82) is 5.26 Å². The molecule has 0 radical (unpaired) electrons. The van der Waals surface area contributed by atoms with Crippen molar-refractivity contribution >= 4 is 118 Å². The second kappa shape index (κ2) is 20.9. The first kappa shape index (κ1) is 53.0. The molecule has 8 rings (SSSR count). The molecule has 0 bridgehead atoms. The number of benzene rings is 6. The summed E-state index contributed by atoms with van der Waals surface area (Å²) in [5.74, 6) is 0.0855. The summed E-state index contributed by atoms with van der Waals surface area (Å²) in [4.78, 5) is 7.15. The van der Waals surface area contributed by atoms with Gasteiger partial charge in [-0.15, -0.1) is 25.6 Å². The van der Waals surface area contributed by atoms with Gasteiger partial charge < -0.3 is 15.4 Å². The number of hydrogen-bond donors (Lipinski definition) is 6. The number of nitrogens with zero attached hydrogens (tertiary/aromatic N) is 9. The van der Waals surface area contributed by atoms with E-state index < -0.39 is 56.0 Å². The van der Waals surface area contributed by atoms with Crippen LogP contribution in [0, 0.1) is 25.2 Å². The van der Waals surface area contributed by atoms with Gasteiger partial charge in [-0.1, -0.05) is 47.7 Å². The van der Waals surface area contributed by atoms with Gasteiger partial charge in [0.15, 0.2) is 16.6 Å². The maximum absolute atomic E-state index is 12.1. The molecule has 8 aromatic rings. The van der Waals surface area contributed by atoms with Crippen molar-refractivity contribution in [3.8, 4) is 23.1 Å². The Hall–Kier alpha value is -8.31. The van der Waals surface area contributed by atoms with E-state index in [1.54, 1.807) is 13.8 Å². The Morgan fingerprint density at radius 3 is 1.73 bits per heavy atom. The van der Waals surface area contributed by atoms with Crippen LogP contribution < -0.4 is 15.4 Å². The molecule has 0 aliphatic rings. The summed E-state index contributed by atoms with van der Waals surface area (Å²) in [7, 11) is -17.4. The summed E-state index contributed by atoms with van der Waals surface area (Å²) in [6.07, 6.45) is 0. The van der Waals surface area contributed by atoms with Crippen LogP contribution in [0.5, 0.6) is 5.75 Å². The van der Waals surface area contributed by atoms with Crippen molar-refractivity contribution in [2.24, 2.45) is 30.7 Å². The van der Waals surface area contributed by atoms with Crippen molar-refractivity contribution in [2.45, 2.75) is 33.4 Å². The third-order valence-electron chi connectivity index (χ3n) is 10.7. The molecule has 29 heteroatoms. The molecule has 6 N–H and O–H groups in total. The van der Waals surface area contributed by atoms with Crippen LogP contribution in [0.1, 0.15) is 16.7 Å². The number of anilines is 4. The van der Waals surface area contributed by atoms with Gasteiger partial charge in [-0.3, -0.25) is 18.2 Å². The SMILES string of the molecule is COc1cc(N=Nc2cc(S(=O)(=O)O)ccc2S(=O)(=O)O)c(C)cc1N=Nc1sc(N=Nc2c(Nc3ccc(S(=O)(=O)O)cc3)nc(Nc3ccc(S(=O)(=O)O)cc3)c(C#N)c2C)nc1-c1ccc2ccccc2c1. The summed E-state index contributed by atoms with van der Waals surface area (Å²) in [6.45, 7) is 3.17. The maximum atomic E-state index is 12.1. The van der Waals surface area contributed by atoms with Crippen LogP contribution in [0.2, 0.25) is 0 Å². The Balaban J connectivity index is 1.20. The topological polar surface area (TPSA) is 374 Å². The Bertz CT molecular complexity index is 4210. The van der Waals surface area contributed by atoms with Crippen LogP contribution in [0.15, 0.2) is 172 Å². The van der Waals surface area contributed by atoms with Gasteiger partial charge in [-0.05, 0) is 109 Å². The zero-order valence-electron chi connectivity index (χ0n) is 38.6. The first-order valence-corrected chi connectivity index (χ1v) is 27.6. The lowest BCUT2D eigenvalue weighted by Crippen LogP contribution is -2.05. The third-order valence-corrected chi connectivity index (χ3v) is 15.0. The lowest BCUT2D eigenvalue weighted by molar-refractivity contribution is 0.416. The van der Waals surface area contributed by atoms with Gasteiger partial charge in [0, 0.05) is 28.6 Å². The minimum atomic E-state index is -4.91.